The maximum absolute atomic E-state index is 10.6. The Morgan fingerprint density at radius 1 is 0.958 bits per heavy atom. The molecule has 24 heavy (non-hydrogen) atoms. The summed E-state index contributed by atoms with van der Waals surface area (Å²) in [6.07, 6.45) is 7.13. The SMILES string of the molecule is O=NCc1cnc2ccc(-c3cccnc3-c3ccccn3)cn12. The van der Waals surface area contributed by atoms with Gasteiger partial charge in [0.25, 0.3) is 0 Å². The second-order valence-corrected chi connectivity index (χ2v) is 5.30. The van der Waals surface area contributed by atoms with E-state index in [2.05, 4.69) is 20.1 Å². The summed E-state index contributed by atoms with van der Waals surface area (Å²) in [7, 11) is 0. The standard InChI is InChI=1S/C18H13N5O/c24-22-11-14-10-21-17-7-6-13(12-23(14)17)15-4-3-9-20-18(15)16-5-1-2-8-19-16/h1-10,12H,11H2. The molecule has 0 atom stereocenters. The number of imidazole rings is 1. The first kappa shape index (κ1) is 14.2. The lowest BCUT2D eigenvalue weighted by Gasteiger charge is -2.09. The lowest BCUT2D eigenvalue weighted by atomic mass is 10.0. The van der Waals surface area contributed by atoms with Crippen LogP contribution >= 0.6 is 0 Å². The van der Waals surface area contributed by atoms with Gasteiger partial charge in [-0.3, -0.25) is 9.97 Å². The minimum atomic E-state index is 0.0881. The quantitative estimate of drug-likeness (QED) is 0.538. The first-order valence-electron chi connectivity index (χ1n) is 7.49. The summed E-state index contributed by atoms with van der Waals surface area (Å²) in [6.45, 7) is 0.0881. The minimum Gasteiger partial charge on any atom is -0.301 e. The van der Waals surface area contributed by atoms with Crippen LogP contribution in [0.3, 0.4) is 0 Å². The van der Waals surface area contributed by atoms with Gasteiger partial charge in [0.2, 0.25) is 0 Å². The lowest BCUT2D eigenvalue weighted by Crippen LogP contribution is -1.95. The van der Waals surface area contributed by atoms with E-state index in [1.165, 1.54) is 0 Å². The number of nitroso groups, excluding NO2 is 1. The molecule has 0 aromatic carbocycles. The number of nitrogens with zero attached hydrogens (tertiary/aromatic N) is 5. The van der Waals surface area contributed by atoms with Crippen molar-refractivity contribution in [2.45, 2.75) is 6.54 Å². The fourth-order valence-corrected chi connectivity index (χ4v) is 2.72. The van der Waals surface area contributed by atoms with Crippen LogP contribution in [0.25, 0.3) is 28.2 Å². The first-order chi connectivity index (χ1) is 11.9. The molecule has 6 heteroatoms. The van der Waals surface area contributed by atoms with Gasteiger partial charge >= 0.3 is 0 Å². The summed E-state index contributed by atoms with van der Waals surface area (Å²) >= 11 is 0. The number of aromatic nitrogens is 4. The first-order valence-corrected chi connectivity index (χ1v) is 7.49. The van der Waals surface area contributed by atoms with Crippen molar-refractivity contribution >= 4 is 5.65 Å². The Balaban J connectivity index is 1.89. The van der Waals surface area contributed by atoms with Crippen molar-refractivity contribution in [3.8, 4) is 22.5 Å². The average molecular weight is 315 g/mol. The number of fused-ring (bicyclic) bond motifs is 1. The highest BCUT2D eigenvalue weighted by molar-refractivity contribution is 5.79. The van der Waals surface area contributed by atoms with Gasteiger partial charge in [-0.05, 0) is 30.3 Å². The van der Waals surface area contributed by atoms with E-state index in [9.17, 15) is 4.91 Å². The third kappa shape index (κ3) is 2.44. The number of hydrogen-bond acceptors (Lipinski definition) is 5. The van der Waals surface area contributed by atoms with E-state index in [1.807, 2.05) is 53.1 Å². The monoisotopic (exact) mass is 315 g/mol. The molecular weight excluding hydrogens is 302 g/mol. The molecule has 6 nitrogen and oxygen atoms in total. The molecule has 0 aliphatic heterocycles. The van der Waals surface area contributed by atoms with Gasteiger partial charge in [-0.15, -0.1) is 0 Å². The number of pyridine rings is 3. The smallest absolute Gasteiger partial charge is 0.136 e. The Bertz CT molecular complexity index is 1010. The van der Waals surface area contributed by atoms with Crippen LogP contribution < -0.4 is 0 Å². The molecule has 4 aromatic heterocycles. The van der Waals surface area contributed by atoms with Crippen LogP contribution in [-0.2, 0) is 6.54 Å². The van der Waals surface area contributed by atoms with Crippen molar-refractivity contribution in [3.05, 3.63) is 77.9 Å². The van der Waals surface area contributed by atoms with E-state index >= 15 is 0 Å². The molecule has 0 amide bonds. The maximum Gasteiger partial charge on any atom is 0.136 e. The third-order valence-corrected chi connectivity index (χ3v) is 3.84. The number of rotatable bonds is 4. The summed E-state index contributed by atoms with van der Waals surface area (Å²) in [5.74, 6) is 0. The molecule has 0 radical (unpaired) electrons. The second-order valence-electron chi connectivity index (χ2n) is 5.30. The van der Waals surface area contributed by atoms with E-state index in [0.717, 1.165) is 33.9 Å². The van der Waals surface area contributed by atoms with Crippen molar-refractivity contribution in [1.82, 2.24) is 19.4 Å². The van der Waals surface area contributed by atoms with Crippen molar-refractivity contribution in [2.24, 2.45) is 5.18 Å². The zero-order valence-corrected chi connectivity index (χ0v) is 12.7. The fraction of sp³-hybridized carbons (Fsp3) is 0.0556. The molecule has 4 heterocycles. The van der Waals surface area contributed by atoms with Crippen LogP contribution in [0.4, 0.5) is 0 Å². The van der Waals surface area contributed by atoms with Gasteiger partial charge in [0.1, 0.15) is 12.2 Å². The molecule has 0 aliphatic rings. The molecule has 0 saturated carbocycles. The van der Waals surface area contributed by atoms with Crippen molar-refractivity contribution in [2.75, 3.05) is 0 Å². The molecule has 0 aliphatic carbocycles. The van der Waals surface area contributed by atoms with Gasteiger partial charge < -0.3 is 4.40 Å². The molecule has 0 fully saturated rings. The minimum absolute atomic E-state index is 0.0881. The summed E-state index contributed by atoms with van der Waals surface area (Å²) in [4.78, 5) is 23.8. The topological polar surface area (TPSA) is 72.5 Å². The van der Waals surface area contributed by atoms with Gasteiger partial charge in [0, 0.05) is 29.7 Å². The van der Waals surface area contributed by atoms with Crippen LogP contribution in [0.5, 0.6) is 0 Å². The van der Waals surface area contributed by atoms with Crippen LogP contribution in [0.15, 0.2) is 72.4 Å². The largest absolute Gasteiger partial charge is 0.301 e. The Morgan fingerprint density at radius 3 is 2.71 bits per heavy atom. The van der Waals surface area contributed by atoms with Gasteiger partial charge in [-0.2, -0.15) is 4.91 Å². The zero-order valence-electron chi connectivity index (χ0n) is 12.7. The summed E-state index contributed by atoms with van der Waals surface area (Å²) in [6, 6.07) is 13.6. The number of hydrogen-bond donors (Lipinski definition) is 0. The Kier molecular flexibility index (Phi) is 3.55. The Labute approximate surface area is 137 Å². The molecule has 0 N–H and O–H groups in total. The third-order valence-electron chi connectivity index (χ3n) is 3.84. The highest BCUT2D eigenvalue weighted by Gasteiger charge is 2.11. The Hall–Kier alpha value is -3.41. The predicted molar refractivity (Wildman–Crippen MR) is 91.2 cm³/mol. The second kappa shape index (κ2) is 6.00. The van der Waals surface area contributed by atoms with E-state index in [1.54, 1.807) is 18.6 Å². The Morgan fingerprint density at radius 2 is 1.88 bits per heavy atom. The van der Waals surface area contributed by atoms with E-state index in [4.69, 9.17) is 0 Å². The van der Waals surface area contributed by atoms with Gasteiger partial charge in [0.15, 0.2) is 0 Å². The van der Waals surface area contributed by atoms with E-state index < -0.39 is 0 Å². The van der Waals surface area contributed by atoms with Crippen molar-refractivity contribution in [1.29, 1.82) is 0 Å². The molecule has 116 valence electrons. The van der Waals surface area contributed by atoms with Gasteiger partial charge in [-0.25, -0.2) is 4.98 Å². The highest BCUT2D eigenvalue weighted by Crippen LogP contribution is 2.29. The molecular formula is C18H13N5O. The van der Waals surface area contributed by atoms with E-state index in [-0.39, 0.29) is 6.54 Å². The zero-order chi connectivity index (χ0) is 16.4. The molecule has 4 aromatic rings. The van der Waals surface area contributed by atoms with Gasteiger partial charge in [0.05, 0.1) is 23.3 Å². The molecule has 0 saturated heterocycles. The van der Waals surface area contributed by atoms with Crippen LogP contribution in [-0.4, -0.2) is 19.4 Å². The summed E-state index contributed by atoms with van der Waals surface area (Å²) < 4.78 is 1.88. The fourth-order valence-electron chi connectivity index (χ4n) is 2.72. The van der Waals surface area contributed by atoms with Gasteiger partial charge in [-0.1, -0.05) is 17.3 Å². The molecule has 0 unspecified atom stereocenters. The summed E-state index contributed by atoms with van der Waals surface area (Å²) in [5.41, 5.74) is 5.10. The average Bonchev–Trinajstić information content (AvgIpc) is 3.05. The molecule has 4 rings (SSSR count). The lowest BCUT2D eigenvalue weighted by molar-refractivity contribution is 0.952. The van der Waals surface area contributed by atoms with Crippen LogP contribution in [0.2, 0.25) is 0 Å². The maximum atomic E-state index is 10.6. The van der Waals surface area contributed by atoms with Crippen LogP contribution in [0, 0.1) is 4.91 Å². The van der Waals surface area contributed by atoms with Crippen molar-refractivity contribution < 1.29 is 0 Å². The highest BCUT2D eigenvalue weighted by atomic mass is 16.3. The van der Waals surface area contributed by atoms with E-state index in [0.29, 0.717) is 0 Å². The van der Waals surface area contributed by atoms with Crippen molar-refractivity contribution in [3.63, 3.8) is 0 Å². The molecule has 0 bridgehead atoms. The summed E-state index contributed by atoms with van der Waals surface area (Å²) in [5, 5.41) is 2.96. The predicted octanol–water partition coefficient (Wildman–Crippen LogP) is 3.72. The molecule has 0 spiro atoms. The normalized spacial score (nSPS) is 10.8. The van der Waals surface area contributed by atoms with Crippen LogP contribution in [0.1, 0.15) is 5.69 Å².